The van der Waals surface area contributed by atoms with Gasteiger partial charge in [0.25, 0.3) is 0 Å². The monoisotopic (exact) mass is 1090 g/mol. The number of hydrogen-bond acceptors (Lipinski definition) is 7. The lowest BCUT2D eigenvalue weighted by Crippen LogP contribution is -2.29. The molecule has 0 bridgehead atoms. The summed E-state index contributed by atoms with van der Waals surface area (Å²) < 4.78 is 20.7. The molecule has 1 aliphatic rings. The van der Waals surface area contributed by atoms with E-state index in [4.69, 9.17) is 13.3 Å². The van der Waals surface area contributed by atoms with E-state index in [1.54, 1.807) is 12.4 Å². The molecule has 10 aromatic carbocycles. The Balaban J connectivity index is 1.05. The highest BCUT2D eigenvalue weighted by molar-refractivity contribution is 6.23. The molecule has 0 saturated heterocycles. The Morgan fingerprint density at radius 1 is 0.345 bits per heavy atom. The van der Waals surface area contributed by atoms with Crippen molar-refractivity contribution in [3.8, 4) is 11.1 Å². The molecule has 7 nitrogen and oxygen atoms in total. The van der Waals surface area contributed by atoms with E-state index in [-0.39, 0.29) is 10.8 Å². The quantitative estimate of drug-likeness (QED) is 0.150. The molecule has 404 valence electrons. The first kappa shape index (κ1) is 49.6. The van der Waals surface area contributed by atoms with E-state index >= 15 is 0 Å². The molecule has 0 aliphatic heterocycles. The van der Waals surface area contributed by atoms with Crippen LogP contribution >= 0.6 is 0 Å². The fraction of sp³-hybridized carbons (Fsp3) is 0.117. The van der Waals surface area contributed by atoms with Crippen molar-refractivity contribution >= 4 is 111 Å². The van der Waals surface area contributed by atoms with Crippen LogP contribution in [0.3, 0.4) is 0 Å². The van der Waals surface area contributed by atoms with Gasteiger partial charge in [0.2, 0.25) is 11.4 Å². The van der Waals surface area contributed by atoms with Crippen molar-refractivity contribution in [1.82, 2.24) is 9.97 Å². The second-order valence-electron chi connectivity index (χ2n) is 24.5. The summed E-state index contributed by atoms with van der Waals surface area (Å²) in [6.07, 6.45) is 3.58. The Kier molecular flexibility index (Phi) is 10.8. The minimum Gasteiger partial charge on any atom is -0.455 e. The zero-order chi connectivity index (χ0) is 56.6. The summed E-state index contributed by atoms with van der Waals surface area (Å²) in [6, 6.07) is 84.1. The van der Waals surface area contributed by atoms with E-state index in [2.05, 4.69) is 280 Å². The van der Waals surface area contributed by atoms with Gasteiger partial charge in [-0.2, -0.15) is 0 Å². The van der Waals surface area contributed by atoms with Gasteiger partial charge in [0, 0.05) is 85.2 Å². The van der Waals surface area contributed by atoms with Gasteiger partial charge in [-0.25, -0.2) is 9.97 Å². The van der Waals surface area contributed by atoms with Crippen molar-refractivity contribution < 1.29 is 13.3 Å². The smallest absolute Gasteiger partial charge is 0.227 e. The number of nitrogens with zero attached hydrogens (tertiary/aromatic N) is 4. The van der Waals surface area contributed by atoms with E-state index in [0.717, 1.165) is 133 Å². The van der Waals surface area contributed by atoms with Crippen LogP contribution in [-0.4, -0.2) is 9.97 Å². The molecule has 16 rings (SSSR count). The largest absolute Gasteiger partial charge is 0.455 e. The topological polar surface area (TPSA) is 71.7 Å². The summed E-state index contributed by atoms with van der Waals surface area (Å²) in [5.74, 6) is 0. The van der Waals surface area contributed by atoms with Gasteiger partial charge in [-0.15, -0.1) is 0 Å². The minimum atomic E-state index is -0.903. The Morgan fingerprint density at radius 2 is 0.786 bits per heavy atom. The van der Waals surface area contributed by atoms with Crippen LogP contribution in [0.15, 0.2) is 256 Å². The summed E-state index contributed by atoms with van der Waals surface area (Å²) in [4.78, 5) is 14.1. The molecule has 7 heteroatoms. The van der Waals surface area contributed by atoms with E-state index < -0.39 is 5.41 Å². The van der Waals surface area contributed by atoms with Gasteiger partial charge in [-0.3, -0.25) is 0 Å². The molecule has 0 N–H and O–H groups in total. The van der Waals surface area contributed by atoms with Crippen LogP contribution in [0.5, 0.6) is 0 Å². The standard InChI is InChI=1S/C77H58N4O3/c1-75(2,3)47-29-33-51(34-30-47)80(53-37-39-56-59-26-17-41-78-73(59)83-67(56)43-53)64-45-62-69(58-24-14-13-23-55(58)64)71-63(77(62,49-19-9-7-10-20-49)50-21-11-8-12-22-50)46-65(70-61-25-15-16-28-66(61)82-72(70)71)81(52-35-31-48(32-36-52)76(4,5)6)54-38-40-57-60-27-18-42-79-74(60)84-68(57)44-54/h7-46H,1-6H3. The van der Waals surface area contributed by atoms with Crippen LogP contribution in [0.1, 0.15) is 74.9 Å². The van der Waals surface area contributed by atoms with Crippen LogP contribution in [0, 0.1) is 0 Å². The molecular weight excluding hydrogens is 1030 g/mol. The van der Waals surface area contributed by atoms with Gasteiger partial charge in [-0.05, 0) is 146 Å². The molecule has 0 saturated carbocycles. The van der Waals surface area contributed by atoms with Gasteiger partial charge in [0.1, 0.15) is 22.3 Å². The van der Waals surface area contributed by atoms with Crippen LogP contribution < -0.4 is 9.80 Å². The first-order chi connectivity index (χ1) is 40.9. The highest BCUT2D eigenvalue weighted by atomic mass is 16.3. The molecular formula is C77H58N4O3. The van der Waals surface area contributed by atoms with E-state index in [1.807, 2.05) is 12.1 Å². The average Bonchev–Trinajstić information content (AvgIpc) is 1.51. The lowest BCUT2D eigenvalue weighted by Gasteiger charge is -2.36. The molecule has 0 radical (unpaired) electrons. The van der Waals surface area contributed by atoms with Crippen molar-refractivity contribution in [2.24, 2.45) is 0 Å². The van der Waals surface area contributed by atoms with E-state index in [9.17, 15) is 0 Å². The highest BCUT2D eigenvalue weighted by Crippen LogP contribution is 2.64. The highest BCUT2D eigenvalue weighted by Gasteiger charge is 2.50. The number of fused-ring (bicyclic) bond motifs is 15. The zero-order valence-electron chi connectivity index (χ0n) is 47.6. The normalized spacial score (nSPS) is 13.2. The molecule has 0 amide bonds. The molecule has 15 aromatic rings. The summed E-state index contributed by atoms with van der Waals surface area (Å²) in [7, 11) is 0. The predicted octanol–water partition coefficient (Wildman–Crippen LogP) is 21.2. The molecule has 0 spiro atoms. The number of anilines is 6. The predicted molar refractivity (Wildman–Crippen MR) is 345 cm³/mol. The number of rotatable bonds is 8. The second kappa shape index (κ2) is 18.4. The maximum atomic E-state index is 7.54. The van der Waals surface area contributed by atoms with E-state index in [0.29, 0.717) is 11.4 Å². The SMILES string of the molecule is CC(C)(C)c1ccc(N(c2ccc3c(c2)oc2ncccc23)c2cc3c(c4ccccc24)-c2c(cc(N(c4ccc(C(C)(C)C)cc4)c4ccc5c(c4)oc4ncccc45)c4c2oc2ccccc24)C3(c2ccccc2)c2ccccc2)cc1. The Hall–Kier alpha value is -10.2. The number of aromatic nitrogens is 2. The van der Waals surface area contributed by atoms with E-state index in [1.165, 1.54) is 11.1 Å². The minimum absolute atomic E-state index is 0.0511. The summed E-state index contributed by atoms with van der Waals surface area (Å²) in [6.45, 7) is 13.6. The third-order valence-corrected chi connectivity index (χ3v) is 17.6. The lowest BCUT2D eigenvalue weighted by atomic mass is 9.67. The molecule has 84 heavy (non-hydrogen) atoms. The molecule has 0 fully saturated rings. The maximum Gasteiger partial charge on any atom is 0.227 e. The average molecular weight is 1090 g/mol. The molecule has 0 atom stereocenters. The fourth-order valence-corrected chi connectivity index (χ4v) is 13.6. The van der Waals surface area contributed by atoms with Gasteiger partial charge < -0.3 is 23.1 Å². The van der Waals surface area contributed by atoms with Crippen molar-refractivity contribution in [3.63, 3.8) is 0 Å². The van der Waals surface area contributed by atoms with Crippen LogP contribution in [0.25, 0.3) is 88.0 Å². The Bertz CT molecular complexity index is 5060. The Morgan fingerprint density at radius 3 is 1.32 bits per heavy atom. The zero-order valence-corrected chi connectivity index (χ0v) is 47.6. The number of furan rings is 3. The molecule has 5 heterocycles. The van der Waals surface area contributed by atoms with Gasteiger partial charge in [0.15, 0.2) is 0 Å². The summed E-state index contributed by atoms with van der Waals surface area (Å²) >= 11 is 0. The van der Waals surface area contributed by atoms with Crippen molar-refractivity contribution in [1.29, 1.82) is 0 Å². The fourth-order valence-electron chi connectivity index (χ4n) is 13.6. The summed E-state index contributed by atoms with van der Waals surface area (Å²) in [5.41, 5.74) is 18.5. The third-order valence-electron chi connectivity index (χ3n) is 17.6. The number of benzene rings is 10. The number of hydrogen-bond donors (Lipinski definition) is 0. The molecule has 5 aromatic heterocycles. The van der Waals surface area contributed by atoms with Gasteiger partial charge >= 0.3 is 0 Å². The Labute approximate surface area is 486 Å². The summed E-state index contributed by atoms with van der Waals surface area (Å²) in [5, 5.41) is 8.24. The number of pyridine rings is 2. The van der Waals surface area contributed by atoms with Crippen molar-refractivity contribution in [3.05, 3.63) is 276 Å². The van der Waals surface area contributed by atoms with Crippen molar-refractivity contribution in [2.75, 3.05) is 9.80 Å². The van der Waals surface area contributed by atoms with Gasteiger partial charge in [-0.1, -0.05) is 169 Å². The number of para-hydroxylation sites is 1. The second-order valence-corrected chi connectivity index (χ2v) is 24.5. The van der Waals surface area contributed by atoms with Crippen LogP contribution in [0.2, 0.25) is 0 Å². The first-order valence-electron chi connectivity index (χ1n) is 28.9. The maximum absolute atomic E-state index is 7.54. The van der Waals surface area contributed by atoms with Gasteiger partial charge in [0.05, 0.1) is 22.2 Å². The lowest BCUT2D eigenvalue weighted by molar-refractivity contribution is 0.590. The van der Waals surface area contributed by atoms with Crippen LogP contribution in [0.4, 0.5) is 34.1 Å². The van der Waals surface area contributed by atoms with Crippen molar-refractivity contribution in [2.45, 2.75) is 57.8 Å². The first-order valence-corrected chi connectivity index (χ1v) is 28.9. The molecule has 0 unspecified atom stereocenters. The van der Waals surface area contributed by atoms with Crippen LogP contribution in [-0.2, 0) is 16.2 Å². The third kappa shape index (κ3) is 7.44. The molecule has 1 aliphatic carbocycles.